The Morgan fingerprint density at radius 2 is 1.95 bits per heavy atom. The van der Waals surface area contributed by atoms with Crippen LogP contribution in [0.4, 0.5) is 11.4 Å². The van der Waals surface area contributed by atoms with Crippen molar-refractivity contribution < 1.29 is 24.3 Å². The summed E-state index contributed by atoms with van der Waals surface area (Å²) in [6.07, 6.45) is 0. The van der Waals surface area contributed by atoms with Gasteiger partial charge in [0.05, 0.1) is 16.6 Å². The van der Waals surface area contributed by atoms with E-state index in [2.05, 4.69) is 10.9 Å². The monoisotopic (exact) mass is 294 g/mol. The highest BCUT2D eigenvalue weighted by Crippen LogP contribution is 2.23. The van der Waals surface area contributed by atoms with Crippen molar-refractivity contribution in [3.63, 3.8) is 0 Å². The zero-order valence-corrected chi connectivity index (χ0v) is 11.2. The van der Waals surface area contributed by atoms with Gasteiger partial charge < -0.3 is 20.0 Å². The molecule has 1 aliphatic heterocycles. The number of hydrogen-bond acceptors (Lipinski definition) is 8. The minimum absolute atomic E-state index is 0.137. The van der Waals surface area contributed by atoms with E-state index in [0.29, 0.717) is 5.69 Å². The summed E-state index contributed by atoms with van der Waals surface area (Å²) < 4.78 is 9.75. The number of non-ortho nitro benzene ring substituents is 1. The lowest BCUT2D eigenvalue weighted by molar-refractivity contribution is -0.394. The van der Waals surface area contributed by atoms with Crippen molar-refractivity contribution in [2.24, 2.45) is 0 Å². The largest absolute Gasteiger partial charge is 0.574 e. The minimum Gasteiger partial charge on any atom is -0.574 e. The molecule has 0 bridgehead atoms. The molecule has 0 amide bonds. The zero-order valence-electron chi connectivity index (χ0n) is 11.2. The van der Waals surface area contributed by atoms with Gasteiger partial charge in [-0.05, 0) is 19.9 Å². The maximum absolute atomic E-state index is 11.6. The number of anilines is 1. The summed E-state index contributed by atoms with van der Waals surface area (Å²) in [6.45, 7) is 2.85. The second-order valence-corrected chi connectivity index (χ2v) is 4.61. The Morgan fingerprint density at radius 1 is 1.24 bits per heavy atom. The molecule has 1 aromatic rings. The Bertz CT molecular complexity index is 625. The first-order chi connectivity index (χ1) is 9.78. The fourth-order valence-corrected chi connectivity index (χ4v) is 1.59. The van der Waals surface area contributed by atoms with Gasteiger partial charge >= 0.3 is 5.97 Å². The quantitative estimate of drug-likeness (QED) is 0.463. The Morgan fingerprint density at radius 3 is 2.57 bits per heavy atom. The highest BCUT2D eigenvalue weighted by Gasteiger charge is 2.29. The zero-order chi connectivity index (χ0) is 15.6. The van der Waals surface area contributed by atoms with Crippen molar-refractivity contribution in [1.29, 1.82) is 0 Å². The number of benzene rings is 1. The van der Waals surface area contributed by atoms with Crippen molar-refractivity contribution in [2.45, 2.75) is 19.6 Å². The van der Waals surface area contributed by atoms with Gasteiger partial charge in [-0.15, -0.1) is 0 Å². The first-order valence-electron chi connectivity index (χ1n) is 5.88. The van der Waals surface area contributed by atoms with Gasteiger partial charge in [0, 0.05) is 12.1 Å². The number of esters is 1. The van der Waals surface area contributed by atoms with Crippen molar-refractivity contribution in [3.05, 3.63) is 46.0 Å². The van der Waals surface area contributed by atoms with Crippen molar-refractivity contribution >= 4 is 17.3 Å². The van der Waals surface area contributed by atoms with Crippen LogP contribution < -0.4 is 16.0 Å². The summed E-state index contributed by atoms with van der Waals surface area (Å²) >= 11 is 0. The normalized spacial score (nSPS) is 16.8. The molecule has 0 atom stereocenters. The lowest BCUT2D eigenvalue weighted by Gasteiger charge is -2.39. The van der Waals surface area contributed by atoms with E-state index < -0.39 is 28.3 Å². The van der Waals surface area contributed by atoms with E-state index in [0.717, 1.165) is 0 Å². The number of cyclic esters (lactones) is 1. The van der Waals surface area contributed by atoms with E-state index in [4.69, 9.17) is 9.47 Å². The fourth-order valence-electron chi connectivity index (χ4n) is 1.59. The summed E-state index contributed by atoms with van der Waals surface area (Å²) in [5.74, 6) is -3.09. The SMILES string of the molecule is CC1(C)OC(=O)C(NNc2cccc([N+](=O)[O-])c2)=C([O-])O1. The van der Waals surface area contributed by atoms with Crippen LogP contribution in [0, 0.1) is 10.1 Å². The van der Waals surface area contributed by atoms with Gasteiger partial charge in [-0.1, -0.05) is 6.07 Å². The molecular formula is C12H12N3O6-. The van der Waals surface area contributed by atoms with Gasteiger partial charge in [0.2, 0.25) is 0 Å². The summed E-state index contributed by atoms with van der Waals surface area (Å²) in [6, 6.07) is 5.51. The van der Waals surface area contributed by atoms with Gasteiger partial charge in [-0.2, -0.15) is 0 Å². The van der Waals surface area contributed by atoms with E-state index >= 15 is 0 Å². The van der Waals surface area contributed by atoms with Gasteiger partial charge in [0.1, 0.15) is 0 Å². The summed E-state index contributed by atoms with van der Waals surface area (Å²) in [5, 5.41) is 22.3. The number of ether oxygens (including phenoxy) is 2. The molecule has 0 aromatic heterocycles. The lowest BCUT2D eigenvalue weighted by Crippen LogP contribution is -2.44. The van der Waals surface area contributed by atoms with Gasteiger partial charge in [0.25, 0.3) is 5.69 Å². The molecule has 112 valence electrons. The molecule has 1 heterocycles. The van der Waals surface area contributed by atoms with E-state index in [9.17, 15) is 20.0 Å². The molecule has 2 N–H and O–H groups in total. The molecule has 0 aliphatic carbocycles. The summed E-state index contributed by atoms with van der Waals surface area (Å²) in [4.78, 5) is 21.7. The van der Waals surface area contributed by atoms with Crippen LogP contribution in [0.5, 0.6) is 0 Å². The van der Waals surface area contributed by atoms with Gasteiger partial charge in [-0.25, -0.2) is 4.79 Å². The van der Waals surface area contributed by atoms with E-state index in [1.165, 1.54) is 38.1 Å². The van der Waals surface area contributed by atoms with Crippen LogP contribution in [0.15, 0.2) is 35.9 Å². The van der Waals surface area contributed by atoms with Crippen LogP contribution in [-0.2, 0) is 14.3 Å². The maximum atomic E-state index is 11.6. The third-order valence-electron chi connectivity index (χ3n) is 2.47. The summed E-state index contributed by atoms with van der Waals surface area (Å²) in [5.41, 5.74) is 4.55. The second-order valence-electron chi connectivity index (χ2n) is 4.61. The smallest absolute Gasteiger partial charge is 0.359 e. The molecule has 0 spiro atoms. The van der Waals surface area contributed by atoms with Crippen LogP contribution in [0.1, 0.15) is 13.8 Å². The second kappa shape index (κ2) is 5.19. The van der Waals surface area contributed by atoms with Gasteiger partial charge in [-0.3, -0.25) is 15.5 Å². The van der Waals surface area contributed by atoms with Gasteiger partial charge in [0.15, 0.2) is 11.5 Å². The molecular weight excluding hydrogens is 282 g/mol. The molecule has 0 radical (unpaired) electrons. The minimum atomic E-state index is -1.33. The van der Waals surface area contributed by atoms with Crippen molar-refractivity contribution in [1.82, 2.24) is 5.43 Å². The number of nitrogens with zero attached hydrogens (tertiary/aromatic N) is 1. The molecule has 2 rings (SSSR count). The summed E-state index contributed by atoms with van der Waals surface area (Å²) in [7, 11) is 0. The highest BCUT2D eigenvalue weighted by atomic mass is 16.8. The number of carbonyl (C=O) groups is 1. The predicted octanol–water partition coefficient (Wildman–Crippen LogP) is 0.350. The average molecular weight is 294 g/mol. The number of rotatable bonds is 4. The third kappa shape index (κ3) is 3.32. The first-order valence-corrected chi connectivity index (χ1v) is 5.88. The molecule has 0 unspecified atom stereocenters. The fraction of sp³-hybridized carbons (Fsp3) is 0.250. The topological polar surface area (TPSA) is 126 Å². The maximum Gasteiger partial charge on any atom is 0.359 e. The number of hydrogen-bond donors (Lipinski definition) is 2. The predicted molar refractivity (Wildman–Crippen MR) is 68.1 cm³/mol. The molecule has 0 saturated carbocycles. The molecule has 1 aliphatic rings. The Labute approximate surface area is 119 Å². The number of nitro groups is 1. The van der Waals surface area contributed by atoms with Crippen LogP contribution in [0.2, 0.25) is 0 Å². The van der Waals surface area contributed by atoms with Crippen LogP contribution in [0.25, 0.3) is 0 Å². The molecule has 0 saturated heterocycles. The number of hydrazine groups is 1. The van der Waals surface area contributed by atoms with E-state index in [-0.39, 0.29) is 5.69 Å². The number of nitro benzene ring substituents is 1. The van der Waals surface area contributed by atoms with Crippen molar-refractivity contribution in [3.8, 4) is 0 Å². The van der Waals surface area contributed by atoms with E-state index in [1.807, 2.05) is 0 Å². The average Bonchev–Trinajstić information content (AvgIpc) is 2.36. The Kier molecular flexibility index (Phi) is 3.57. The molecule has 0 fully saturated rings. The molecule has 9 nitrogen and oxygen atoms in total. The number of nitrogens with one attached hydrogen (secondary N) is 2. The standard InChI is InChI=1S/C12H13N3O6/c1-12(2)20-10(16)9(11(17)21-12)14-13-7-4-3-5-8(6-7)15(18)19/h3-6,13-14,16H,1-2H3/p-1. The van der Waals surface area contributed by atoms with Crippen LogP contribution in [-0.4, -0.2) is 16.7 Å². The Hall–Kier alpha value is -2.97. The number of carbonyl (C=O) groups excluding carboxylic acids is 1. The lowest BCUT2D eigenvalue weighted by atomic mass is 10.3. The third-order valence-corrected chi connectivity index (χ3v) is 2.47. The van der Waals surface area contributed by atoms with E-state index in [1.54, 1.807) is 0 Å². The first kappa shape index (κ1) is 14.4. The Balaban J connectivity index is 2.11. The highest BCUT2D eigenvalue weighted by molar-refractivity contribution is 5.89. The molecule has 9 heteroatoms. The van der Waals surface area contributed by atoms with Crippen molar-refractivity contribution in [2.75, 3.05) is 5.43 Å². The molecule has 1 aromatic carbocycles. The van der Waals surface area contributed by atoms with Crippen LogP contribution in [0.3, 0.4) is 0 Å². The van der Waals surface area contributed by atoms with Crippen LogP contribution >= 0.6 is 0 Å². The molecule has 21 heavy (non-hydrogen) atoms.